The molecule has 0 saturated carbocycles. The van der Waals surface area contributed by atoms with Gasteiger partial charge in [-0.15, -0.1) is 13.2 Å². The normalized spacial score (nSPS) is 19.4. The molecule has 2 aromatic carbocycles. The number of methoxy groups -OCH3 is 1. The number of hydrogen-bond acceptors (Lipinski definition) is 6. The van der Waals surface area contributed by atoms with Crippen molar-refractivity contribution >= 4 is 12.0 Å². The van der Waals surface area contributed by atoms with E-state index in [1.54, 1.807) is 48.8 Å². The van der Waals surface area contributed by atoms with Crippen LogP contribution >= 0.6 is 0 Å². The summed E-state index contributed by atoms with van der Waals surface area (Å²) >= 11 is 0. The first-order valence-corrected chi connectivity index (χ1v) is 12.0. The van der Waals surface area contributed by atoms with Crippen molar-refractivity contribution in [1.29, 1.82) is 5.26 Å². The third-order valence-corrected chi connectivity index (χ3v) is 6.41. The van der Waals surface area contributed by atoms with Gasteiger partial charge in [0.2, 0.25) is 0 Å². The second kappa shape index (κ2) is 10.2. The van der Waals surface area contributed by atoms with E-state index in [2.05, 4.69) is 10.8 Å². The zero-order valence-electron chi connectivity index (χ0n) is 21.5. The molecule has 2 aliphatic rings. The molecule has 2 atom stereocenters. The van der Waals surface area contributed by atoms with Crippen LogP contribution in [0, 0.1) is 11.3 Å². The zero-order chi connectivity index (χ0) is 27.8. The van der Waals surface area contributed by atoms with Gasteiger partial charge >= 0.3 is 12.5 Å². The summed E-state index contributed by atoms with van der Waals surface area (Å²) in [5.41, 5.74) is 1.21. The summed E-state index contributed by atoms with van der Waals surface area (Å²) in [5.74, 6) is -0.715. The van der Waals surface area contributed by atoms with Crippen molar-refractivity contribution in [3.8, 4) is 22.9 Å². The Bertz CT molecular complexity index is 1280. The number of amides is 2. The molecule has 1 fully saturated rings. The highest BCUT2D eigenvalue weighted by atomic mass is 19.4. The highest BCUT2D eigenvalue weighted by Gasteiger charge is 2.44. The van der Waals surface area contributed by atoms with Crippen LogP contribution < -0.4 is 4.74 Å². The summed E-state index contributed by atoms with van der Waals surface area (Å²) in [7, 11) is 1.53. The van der Waals surface area contributed by atoms with Crippen LogP contribution in [0.2, 0.25) is 0 Å². The number of alkyl halides is 3. The van der Waals surface area contributed by atoms with Gasteiger partial charge in [-0.1, -0.05) is 12.1 Å². The molecule has 202 valence electrons. The van der Waals surface area contributed by atoms with Gasteiger partial charge < -0.3 is 24.0 Å². The van der Waals surface area contributed by atoms with Crippen molar-refractivity contribution in [2.24, 2.45) is 0 Å². The van der Waals surface area contributed by atoms with E-state index < -0.39 is 23.8 Å². The molecule has 0 aliphatic carbocycles. The van der Waals surface area contributed by atoms with Crippen LogP contribution in [-0.2, 0) is 16.0 Å². The van der Waals surface area contributed by atoms with Crippen molar-refractivity contribution in [2.45, 2.75) is 57.8 Å². The molecule has 0 N–H and O–H groups in total. The SMILES string of the molecule is COC[C@@H]1C[C@@H](N2Cc3c(C#N)cc(-c4cccc(OC(F)(F)F)c4)cc3C2=O)CN1C(=O)OC(C)(C)C. The largest absolute Gasteiger partial charge is 0.573 e. The molecule has 0 aromatic heterocycles. The number of likely N-dealkylation sites (tertiary alicyclic amines) is 1. The number of benzene rings is 2. The number of rotatable bonds is 5. The van der Waals surface area contributed by atoms with Gasteiger partial charge in [-0.2, -0.15) is 5.26 Å². The standard InChI is InChI=1S/C27H28F3N3O5/c1-26(2,3)38-25(35)33-13-19(11-20(33)15-36-4)32-14-23-18(12-31)8-17(10-22(23)24(32)34)16-6-5-7-21(9-16)37-27(28,29)30/h5-10,19-20H,11,13-15H2,1-4H3/t19-,20+/m1/s1. The van der Waals surface area contributed by atoms with Crippen LogP contribution in [0.25, 0.3) is 11.1 Å². The summed E-state index contributed by atoms with van der Waals surface area (Å²) in [6.45, 7) is 6.02. The zero-order valence-corrected chi connectivity index (χ0v) is 21.5. The maximum absolute atomic E-state index is 13.5. The smallest absolute Gasteiger partial charge is 0.444 e. The lowest BCUT2D eigenvalue weighted by molar-refractivity contribution is -0.274. The maximum atomic E-state index is 13.5. The Hall–Kier alpha value is -3.78. The van der Waals surface area contributed by atoms with Crippen molar-refractivity contribution in [2.75, 3.05) is 20.3 Å². The Balaban J connectivity index is 1.61. The van der Waals surface area contributed by atoms with Gasteiger partial charge in [0.05, 0.1) is 30.3 Å². The fourth-order valence-electron chi connectivity index (χ4n) is 4.88. The van der Waals surface area contributed by atoms with E-state index in [1.807, 2.05) is 0 Å². The Morgan fingerprint density at radius 2 is 1.89 bits per heavy atom. The first-order valence-electron chi connectivity index (χ1n) is 12.0. The average Bonchev–Trinajstić information content (AvgIpc) is 3.38. The minimum atomic E-state index is -4.85. The number of halogens is 3. The number of carbonyl (C=O) groups is 2. The van der Waals surface area contributed by atoms with Gasteiger partial charge in [0.25, 0.3) is 5.91 Å². The number of nitrogens with zero attached hydrogens (tertiary/aromatic N) is 3. The Kier molecular flexibility index (Phi) is 7.30. The van der Waals surface area contributed by atoms with Gasteiger partial charge in [0.15, 0.2) is 0 Å². The lowest BCUT2D eigenvalue weighted by atomic mass is 9.96. The molecule has 38 heavy (non-hydrogen) atoms. The Morgan fingerprint density at radius 1 is 1.16 bits per heavy atom. The van der Waals surface area contributed by atoms with Crippen LogP contribution in [0.4, 0.5) is 18.0 Å². The summed E-state index contributed by atoms with van der Waals surface area (Å²) < 4.78 is 52.9. The fraction of sp³-hybridized carbons (Fsp3) is 0.444. The molecule has 2 aromatic rings. The van der Waals surface area contributed by atoms with Gasteiger partial charge in [-0.3, -0.25) is 4.79 Å². The molecule has 0 unspecified atom stereocenters. The monoisotopic (exact) mass is 531 g/mol. The molecule has 0 bridgehead atoms. The van der Waals surface area contributed by atoms with E-state index in [1.165, 1.54) is 25.3 Å². The summed E-state index contributed by atoms with van der Waals surface area (Å²) in [5, 5.41) is 9.81. The molecule has 4 rings (SSSR count). The van der Waals surface area contributed by atoms with Gasteiger partial charge in [0.1, 0.15) is 11.4 Å². The van der Waals surface area contributed by atoms with Crippen LogP contribution in [0.1, 0.15) is 48.7 Å². The molecule has 2 heterocycles. The molecule has 1 saturated heterocycles. The topological polar surface area (TPSA) is 92.1 Å². The first kappa shape index (κ1) is 27.3. The third kappa shape index (κ3) is 5.86. The lowest BCUT2D eigenvalue weighted by Gasteiger charge is -2.28. The van der Waals surface area contributed by atoms with E-state index >= 15 is 0 Å². The number of ether oxygens (including phenoxy) is 3. The molecule has 2 amide bonds. The number of fused-ring (bicyclic) bond motifs is 1. The van der Waals surface area contributed by atoms with Crippen molar-refractivity contribution < 1.29 is 37.0 Å². The quantitative estimate of drug-likeness (QED) is 0.533. The van der Waals surface area contributed by atoms with Crippen molar-refractivity contribution in [3.05, 3.63) is 53.1 Å². The van der Waals surface area contributed by atoms with E-state index in [0.29, 0.717) is 28.7 Å². The predicted octanol–water partition coefficient (Wildman–Crippen LogP) is 5.10. The van der Waals surface area contributed by atoms with Crippen molar-refractivity contribution in [3.63, 3.8) is 0 Å². The van der Waals surface area contributed by atoms with Gasteiger partial charge in [-0.05, 0) is 62.6 Å². The van der Waals surface area contributed by atoms with Crippen LogP contribution in [0.15, 0.2) is 36.4 Å². The number of hydrogen-bond donors (Lipinski definition) is 0. The Labute approximate surface area is 218 Å². The maximum Gasteiger partial charge on any atom is 0.573 e. The van der Waals surface area contributed by atoms with E-state index in [9.17, 15) is 28.0 Å². The van der Waals surface area contributed by atoms with E-state index in [0.717, 1.165) is 0 Å². The summed E-state index contributed by atoms with van der Waals surface area (Å²) in [4.78, 5) is 29.6. The van der Waals surface area contributed by atoms with E-state index in [4.69, 9.17) is 9.47 Å². The molecule has 0 radical (unpaired) electrons. The first-order chi connectivity index (χ1) is 17.8. The van der Waals surface area contributed by atoms with Crippen LogP contribution in [0.3, 0.4) is 0 Å². The average molecular weight is 532 g/mol. The van der Waals surface area contributed by atoms with Crippen LogP contribution in [0.5, 0.6) is 5.75 Å². The number of nitriles is 1. The second-order valence-electron chi connectivity index (χ2n) is 10.3. The Morgan fingerprint density at radius 3 is 2.53 bits per heavy atom. The highest BCUT2D eigenvalue weighted by Crippen LogP contribution is 2.36. The molecule has 0 spiro atoms. The second-order valence-corrected chi connectivity index (χ2v) is 10.3. The molecule has 11 heteroatoms. The minimum absolute atomic E-state index is 0.182. The van der Waals surface area contributed by atoms with Gasteiger partial charge in [-0.25, -0.2) is 4.79 Å². The van der Waals surface area contributed by atoms with Gasteiger partial charge in [0, 0.05) is 31.3 Å². The molecular formula is C27H28F3N3O5. The minimum Gasteiger partial charge on any atom is -0.444 e. The molecule has 8 nitrogen and oxygen atoms in total. The predicted molar refractivity (Wildman–Crippen MR) is 130 cm³/mol. The fourth-order valence-corrected chi connectivity index (χ4v) is 4.88. The highest BCUT2D eigenvalue weighted by molar-refractivity contribution is 6.00. The molecule has 2 aliphatic heterocycles. The lowest BCUT2D eigenvalue weighted by Crippen LogP contribution is -2.43. The summed E-state index contributed by atoms with van der Waals surface area (Å²) in [6.07, 6.45) is -4.87. The van der Waals surface area contributed by atoms with E-state index in [-0.39, 0.29) is 43.3 Å². The van der Waals surface area contributed by atoms with Crippen molar-refractivity contribution in [1.82, 2.24) is 9.80 Å². The number of carbonyl (C=O) groups excluding carboxylic acids is 2. The third-order valence-electron chi connectivity index (χ3n) is 6.41. The van der Waals surface area contributed by atoms with Crippen LogP contribution in [-0.4, -0.2) is 66.1 Å². The molecular weight excluding hydrogens is 503 g/mol. The summed E-state index contributed by atoms with van der Waals surface area (Å²) in [6, 6.07) is 9.99.